The van der Waals surface area contributed by atoms with Crippen molar-refractivity contribution in [1.82, 2.24) is 19.6 Å². The van der Waals surface area contributed by atoms with Crippen LogP contribution in [-0.4, -0.2) is 19.6 Å². The third kappa shape index (κ3) is 0.561. The van der Waals surface area contributed by atoms with Crippen molar-refractivity contribution in [3.8, 4) is 0 Å². The van der Waals surface area contributed by atoms with Gasteiger partial charge in [0.15, 0.2) is 5.65 Å². The van der Waals surface area contributed by atoms with Crippen molar-refractivity contribution in [2.24, 2.45) is 0 Å². The second kappa shape index (κ2) is 1.51. The maximum atomic E-state index is 3.74. The Kier molecular flexibility index (Phi) is 0.745. The molecule has 0 bridgehead atoms. The van der Waals surface area contributed by atoms with Crippen LogP contribution in [0.4, 0.5) is 0 Å². The minimum Gasteiger partial charge on any atom is -0.286 e. The van der Waals surface area contributed by atoms with Crippen molar-refractivity contribution in [2.45, 2.75) is 0 Å². The number of hydrogen-bond acceptors (Lipinski definition) is 3. The minimum atomic E-state index is 0.650. The van der Waals surface area contributed by atoms with Crippen LogP contribution in [-0.2, 0) is 0 Å². The van der Waals surface area contributed by atoms with Crippen LogP contribution in [0.1, 0.15) is 0 Å². The first-order chi connectivity index (χ1) is 4.47. The molecule has 0 aliphatic rings. The molecule has 0 aromatic carbocycles. The molecule has 0 N–H and O–H groups in total. The Morgan fingerprint density at radius 2 is 2.56 bits per heavy atom. The Morgan fingerprint density at radius 1 is 1.56 bits per heavy atom. The number of rotatable bonds is 0. The maximum Gasteiger partial charge on any atom is 0.188 e. The molecule has 0 saturated carbocycles. The van der Waals surface area contributed by atoms with E-state index in [1.807, 2.05) is 0 Å². The summed E-state index contributed by atoms with van der Waals surface area (Å²) in [6, 6.07) is 0. The fourth-order valence-corrected chi connectivity index (χ4v) is 0.632. The van der Waals surface area contributed by atoms with E-state index in [2.05, 4.69) is 21.4 Å². The quantitative estimate of drug-likeness (QED) is 0.487. The summed E-state index contributed by atoms with van der Waals surface area (Å²) < 4.78 is 1.74. The molecule has 0 spiro atoms. The molecule has 2 rings (SSSR count). The molecule has 4 nitrogen and oxygen atoms in total. The van der Waals surface area contributed by atoms with E-state index in [-0.39, 0.29) is 0 Å². The number of aromatic nitrogens is 4. The molecule has 0 aliphatic carbocycles. The zero-order valence-electron chi connectivity index (χ0n) is 4.52. The van der Waals surface area contributed by atoms with Crippen LogP contribution in [0.3, 0.4) is 0 Å². The zero-order chi connectivity index (χ0) is 6.10. The summed E-state index contributed by atoms with van der Waals surface area (Å²) in [7, 11) is 0. The monoisotopic (exact) mass is 119 g/mol. The van der Waals surface area contributed by atoms with Gasteiger partial charge in [-0.15, -0.1) is 10.2 Å². The largest absolute Gasteiger partial charge is 0.286 e. The lowest BCUT2D eigenvalue weighted by Gasteiger charge is -1.83. The van der Waals surface area contributed by atoms with Crippen LogP contribution in [0.15, 0.2) is 18.7 Å². The van der Waals surface area contributed by atoms with Crippen molar-refractivity contribution >= 4 is 5.65 Å². The van der Waals surface area contributed by atoms with Gasteiger partial charge in [-0.1, -0.05) is 0 Å². The first-order valence-electron chi connectivity index (χ1n) is 2.49. The SMILES string of the molecule is [c]1nccn2cnnc12. The Morgan fingerprint density at radius 3 is 3.44 bits per heavy atom. The topological polar surface area (TPSA) is 43.1 Å². The van der Waals surface area contributed by atoms with Gasteiger partial charge < -0.3 is 0 Å². The normalized spacial score (nSPS) is 10.2. The highest BCUT2D eigenvalue weighted by Crippen LogP contribution is 1.89. The third-order valence-corrected chi connectivity index (χ3v) is 1.04. The first kappa shape index (κ1) is 4.43. The standard InChI is InChI=1S/C5H3N4/c1-2-9-4-7-8-5(9)3-6-1/h1-2,4H. The summed E-state index contributed by atoms with van der Waals surface area (Å²) in [5.41, 5.74) is 0.650. The smallest absolute Gasteiger partial charge is 0.188 e. The van der Waals surface area contributed by atoms with E-state index < -0.39 is 0 Å². The van der Waals surface area contributed by atoms with E-state index in [9.17, 15) is 0 Å². The van der Waals surface area contributed by atoms with Crippen LogP contribution in [0.5, 0.6) is 0 Å². The summed E-state index contributed by atoms with van der Waals surface area (Å²) in [6.07, 6.45) is 7.68. The molecule has 9 heavy (non-hydrogen) atoms. The lowest BCUT2D eigenvalue weighted by Crippen LogP contribution is -1.81. The molecule has 0 atom stereocenters. The van der Waals surface area contributed by atoms with Crippen LogP contribution >= 0.6 is 0 Å². The first-order valence-corrected chi connectivity index (χ1v) is 2.49. The molecule has 0 saturated heterocycles. The Balaban J connectivity index is 2.95. The molecule has 43 valence electrons. The second-order valence-electron chi connectivity index (χ2n) is 1.60. The van der Waals surface area contributed by atoms with E-state index in [1.54, 1.807) is 23.1 Å². The molecular weight excluding hydrogens is 116 g/mol. The molecule has 4 heteroatoms. The van der Waals surface area contributed by atoms with Crippen molar-refractivity contribution in [2.75, 3.05) is 0 Å². The summed E-state index contributed by atoms with van der Waals surface area (Å²) in [5.74, 6) is 0. The van der Waals surface area contributed by atoms with Crippen molar-refractivity contribution in [3.05, 3.63) is 24.9 Å². The molecule has 0 amide bonds. The van der Waals surface area contributed by atoms with Gasteiger partial charge >= 0.3 is 0 Å². The van der Waals surface area contributed by atoms with Crippen molar-refractivity contribution in [3.63, 3.8) is 0 Å². The maximum absolute atomic E-state index is 3.74. The lowest BCUT2D eigenvalue weighted by molar-refractivity contribution is 1.10. The van der Waals surface area contributed by atoms with E-state index in [0.29, 0.717) is 5.65 Å². The van der Waals surface area contributed by atoms with E-state index in [4.69, 9.17) is 0 Å². The second-order valence-corrected chi connectivity index (χ2v) is 1.60. The van der Waals surface area contributed by atoms with Gasteiger partial charge in [0.25, 0.3) is 0 Å². The predicted molar refractivity (Wildman–Crippen MR) is 29.6 cm³/mol. The Labute approximate surface area is 51.2 Å². The summed E-state index contributed by atoms with van der Waals surface area (Å²) >= 11 is 0. The lowest BCUT2D eigenvalue weighted by atomic mass is 10.7. The molecule has 0 aliphatic heterocycles. The van der Waals surface area contributed by atoms with Gasteiger partial charge in [0.2, 0.25) is 0 Å². The van der Waals surface area contributed by atoms with E-state index in [0.717, 1.165) is 0 Å². The van der Waals surface area contributed by atoms with Crippen LogP contribution in [0, 0.1) is 6.20 Å². The van der Waals surface area contributed by atoms with Gasteiger partial charge in [0, 0.05) is 12.4 Å². The summed E-state index contributed by atoms with van der Waals surface area (Å²) in [4.78, 5) is 3.74. The Bertz CT molecular complexity index is 283. The molecule has 0 unspecified atom stereocenters. The highest BCUT2D eigenvalue weighted by Gasteiger charge is 1.89. The molecular formula is C5H3N4. The minimum absolute atomic E-state index is 0.650. The number of hydrogen-bond donors (Lipinski definition) is 0. The summed E-state index contributed by atoms with van der Waals surface area (Å²) in [5, 5.41) is 7.36. The van der Waals surface area contributed by atoms with E-state index >= 15 is 0 Å². The zero-order valence-corrected chi connectivity index (χ0v) is 4.52. The number of nitrogens with zero attached hydrogens (tertiary/aromatic N) is 4. The fourth-order valence-electron chi connectivity index (χ4n) is 0.632. The van der Waals surface area contributed by atoms with Crippen LogP contribution < -0.4 is 0 Å². The highest BCUT2D eigenvalue weighted by molar-refractivity contribution is 5.29. The van der Waals surface area contributed by atoms with Crippen LogP contribution in [0.25, 0.3) is 5.65 Å². The van der Waals surface area contributed by atoms with Crippen molar-refractivity contribution < 1.29 is 0 Å². The molecule has 1 radical (unpaired) electrons. The van der Waals surface area contributed by atoms with Gasteiger partial charge in [0.1, 0.15) is 12.5 Å². The predicted octanol–water partition coefficient (Wildman–Crippen LogP) is -0.0755. The average Bonchev–Trinajstić information content (AvgIpc) is 2.33. The average molecular weight is 119 g/mol. The van der Waals surface area contributed by atoms with Gasteiger partial charge in [0.05, 0.1) is 0 Å². The number of fused-ring (bicyclic) bond motifs is 1. The molecule has 2 aromatic rings. The van der Waals surface area contributed by atoms with Crippen LogP contribution in [0.2, 0.25) is 0 Å². The fraction of sp³-hybridized carbons (Fsp3) is 0. The molecule has 2 aromatic heterocycles. The van der Waals surface area contributed by atoms with Gasteiger partial charge in [-0.2, -0.15) is 0 Å². The Hall–Kier alpha value is -1.45. The third-order valence-electron chi connectivity index (χ3n) is 1.04. The summed E-state index contributed by atoms with van der Waals surface area (Å²) in [6.45, 7) is 0. The van der Waals surface area contributed by atoms with Gasteiger partial charge in [-0.25, -0.2) is 4.98 Å². The molecule has 0 fully saturated rings. The van der Waals surface area contributed by atoms with Gasteiger partial charge in [-0.3, -0.25) is 4.40 Å². The highest BCUT2D eigenvalue weighted by atomic mass is 15.2. The molecule has 2 heterocycles. The van der Waals surface area contributed by atoms with Gasteiger partial charge in [-0.05, 0) is 0 Å². The van der Waals surface area contributed by atoms with Crippen molar-refractivity contribution in [1.29, 1.82) is 0 Å². The van der Waals surface area contributed by atoms with E-state index in [1.165, 1.54) is 0 Å².